The minimum Gasteiger partial charge on any atom is -0.476 e. The first-order chi connectivity index (χ1) is 9.06. The van der Waals surface area contributed by atoms with Gasteiger partial charge >= 0.3 is 5.97 Å². The number of aryl methyl sites for hydroxylation is 1. The Hall–Kier alpha value is -2.64. The van der Waals surface area contributed by atoms with E-state index in [1.165, 1.54) is 18.6 Å². The summed E-state index contributed by atoms with van der Waals surface area (Å²) in [6.07, 6.45) is 2.80. The first kappa shape index (κ1) is 12.8. The molecule has 100 valence electrons. The number of nitrogens with zero attached hydrogens (tertiary/aromatic N) is 3. The first-order valence-electron chi connectivity index (χ1n) is 5.53. The monoisotopic (exact) mass is 264 g/mol. The number of carbonyl (C=O) groups is 2. The highest BCUT2D eigenvalue weighted by atomic mass is 16.5. The summed E-state index contributed by atoms with van der Waals surface area (Å²) >= 11 is 0. The van der Waals surface area contributed by atoms with Gasteiger partial charge in [-0.1, -0.05) is 5.16 Å². The molecule has 0 saturated heterocycles. The average Bonchev–Trinajstić information content (AvgIpc) is 2.98. The van der Waals surface area contributed by atoms with E-state index in [-0.39, 0.29) is 17.3 Å². The van der Waals surface area contributed by atoms with E-state index in [9.17, 15) is 9.59 Å². The topological polar surface area (TPSA) is 110 Å². The molecular weight excluding hydrogens is 252 g/mol. The number of hydrogen-bond acceptors (Lipinski definition) is 5. The minimum atomic E-state index is -1.08. The smallest absolute Gasteiger partial charge is 0.356 e. The third-order valence-corrected chi connectivity index (χ3v) is 2.37. The fraction of sp³-hybridized carbons (Fsp3) is 0.273. The van der Waals surface area contributed by atoms with Gasteiger partial charge in [-0.25, -0.2) is 9.78 Å². The molecule has 0 aliphatic heterocycles. The van der Waals surface area contributed by atoms with Crippen LogP contribution in [-0.4, -0.2) is 38.2 Å². The van der Waals surface area contributed by atoms with Gasteiger partial charge in [0.15, 0.2) is 11.4 Å². The number of aromatic carboxylic acids is 1. The number of carbonyl (C=O) groups excluding carboxylic acids is 1. The second-order valence-corrected chi connectivity index (χ2v) is 3.88. The number of imidazole rings is 1. The van der Waals surface area contributed by atoms with Crippen LogP contribution in [0.1, 0.15) is 26.7 Å². The Morgan fingerprint density at radius 3 is 2.84 bits per heavy atom. The Bertz CT molecular complexity index is 601. The molecular formula is C11H12N4O4. The van der Waals surface area contributed by atoms with Gasteiger partial charge in [-0.3, -0.25) is 4.79 Å². The maximum Gasteiger partial charge on any atom is 0.356 e. The molecule has 0 aliphatic carbocycles. The third-order valence-electron chi connectivity index (χ3n) is 2.37. The number of nitrogens with one attached hydrogen (secondary N) is 1. The largest absolute Gasteiger partial charge is 0.476 e. The number of aromatic nitrogens is 3. The van der Waals surface area contributed by atoms with Crippen LogP contribution in [0.25, 0.3) is 0 Å². The summed E-state index contributed by atoms with van der Waals surface area (Å²) in [7, 11) is 0. The van der Waals surface area contributed by atoms with Gasteiger partial charge in [-0.15, -0.1) is 0 Å². The average molecular weight is 264 g/mol. The van der Waals surface area contributed by atoms with Crippen molar-refractivity contribution in [1.29, 1.82) is 0 Å². The summed E-state index contributed by atoms with van der Waals surface area (Å²) in [5.41, 5.74) is 0.188. The van der Waals surface area contributed by atoms with E-state index >= 15 is 0 Å². The van der Waals surface area contributed by atoms with Crippen molar-refractivity contribution in [1.82, 2.24) is 20.0 Å². The molecule has 8 nitrogen and oxygen atoms in total. The van der Waals surface area contributed by atoms with E-state index in [4.69, 9.17) is 9.63 Å². The molecule has 2 rings (SSSR count). The Morgan fingerprint density at radius 2 is 2.26 bits per heavy atom. The van der Waals surface area contributed by atoms with Crippen LogP contribution in [0.15, 0.2) is 23.1 Å². The van der Waals surface area contributed by atoms with Gasteiger partial charge in [0.1, 0.15) is 5.76 Å². The van der Waals surface area contributed by atoms with Gasteiger partial charge in [0.05, 0.1) is 6.33 Å². The highest BCUT2D eigenvalue weighted by Crippen LogP contribution is 2.01. The van der Waals surface area contributed by atoms with Gasteiger partial charge in [-0.05, 0) is 6.92 Å². The predicted molar refractivity (Wildman–Crippen MR) is 62.8 cm³/mol. The van der Waals surface area contributed by atoms with E-state index in [2.05, 4.69) is 15.5 Å². The van der Waals surface area contributed by atoms with Crippen LogP contribution >= 0.6 is 0 Å². The van der Waals surface area contributed by atoms with Crippen LogP contribution < -0.4 is 5.32 Å². The lowest BCUT2D eigenvalue weighted by molar-refractivity contribution is 0.0690. The number of amides is 1. The Labute approximate surface area is 108 Å². The maximum atomic E-state index is 11.6. The van der Waals surface area contributed by atoms with Crippen LogP contribution in [0.5, 0.6) is 0 Å². The number of carboxylic acids is 1. The van der Waals surface area contributed by atoms with Gasteiger partial charge in [-0.2, -0.15) is 0 Å². The highest BCUT2D eigenvalue weighted by Gasteiger charge is 2.10. The molecule has 0 unspecified atom stereocenters. The van der Waals surface area contributed by atoms with Crippen LogP contribution in [0.4, 0.5) is 0 Å². The zero-order valence-electron chi connectivity index (χ0n) is 10.2. The molecule has 0 radical (unpaired) electrons. The van der Waals surface area contributed by atoms with Crippen LogP contribution in [0.2, 0.25) is 0 Å². The summed E-state index contributed by atoms with van der Waals surface area (Å²) in [6, 6.07) is 1.54. The summed E-state index contributed by atoms with van der Waals surface area (Å²) in [5.74, 6) is -0.859. The van der Waals surface area contributed by atoms with Crippen molar-refractivity contribution >= 4 is 11.9 Å². The van der Waals surface area contributed by atoms with Gasteiger partial charge in [0.25, 0.3) is 5.91 Å². The molecule has 19 heavy (non-hydrogen) atoms. The van der Waals surface area contributed by atoms with E-state index < -0.39 is 5.97 Å². The highest BCUT2D eigenvalue weighted by molar-refractivity contribution is 5.92. The lowest BCUT2D eigenvalue weighted by Crippen LogP contribution is -2.27. The standard InChI is InChI=1S/C11H12N4O4/c1-7-4-8(14-19-7)10(16)12-2-3-15-5-9(11(17)18)13-6-15/h4-6H,2-3H2,1H3,(H,12,16)(H,17,18). The van der Waals surface area contributed by atoms with E-state index in [0.717, 1.165) is 0 Å². The van der Waals surface area contributed by atoms with Crippen molar-refractivity contribution in [2.75, 3.05) is 6.54 Å². The summed E-state index contributed by atoms with van der Waals surface area (Å²) in [5, 5.41) is 14.9. The minimum absolute atomic E-state index is 0.0292. The SMILES string of the molecule is Cc1cc(C(=O)NCCn2cnc(C(=O)O)c2)no1. The van der Waals surface area contributed by atoms with E-state index in [0.29, 0.717) is 18.8 Å². The lowest BCUT2D eigenvalue weighted by Gasteiger charge is -2.03. The molecule has 0 aliphatic rings. The second kappa shape index (κ2) is 5.34. The summed E-state index contributed by atoms with van der Waals surface area (Å²) < 4.78 is 6.37. The van der Waals surface area contributed by atoms with E-state index in [1.54, 1.807) is 11.5 Å². The molecule has 0 spiro atoms. The van der Waals surface area contributed by atoms with Crippen molar-refractivity contribution in [3.63, 3.8) is 0 Å². The molecule has 0 aromatic carbocycles. The molecule has 1 amide bonds. The predicted octanol–water partition coefficient (Wildman–Crippen LogP) is 0.308. The van der Waals surface area contributed by atoms with Crippen molar-refractivity contribution in [2.45, 2.75) is 13.5 Å². The fourth-order valence-corrected chi connectivity index (χ4v) is 1.46. The molecule has 0 bridgehead atoms. The Balaban J connectivity index is 1.83. The van der Waals surface area contributed by atoms with Crippen molar-refractivity contribution < 1.29 is 19.2 Å². The fourth-order valence-electron chi connectivity index (χ4n) is 1.46. The van der Waals surface area contributed by atoms with E-state index in [1.807, 2.05) is 0 Å². The normalized spacial score (nSPS) is 10.4. The third kappa shape index (κ3) is 3.18. The number of carboxylic acid groups (broad SMARTS) is 1. The molecule has 2 heterocycles. The lowest BCUT2D eigenvalue weighted by atomic mass is 10.3. The summed E-state index contributed by atoms with van der Waals surface area (Å²) in [4.78, 5) is 25.9. The molecule has 8 heteroatoms. The zero-order chi connectivity index (χ0) is 13.8. The molecule has 0 atom stereocenters. The summed E-state index contributed by atoms with van der Waals surface area (Å²) in [6.45, 7) is 2.45. The molecule has 0 fully saturated rings. The quantitative estimate of drug-likeness (QED) is 0.804. The Kier molecular flexibility index (Phi) is 3.60. The maximum absolute atomic E-state index is 11.6. The van der Waals surface area contributed by atoms with Gasteiger partial charge in [0.2, 0.25) is 0 Å². The van der Waals surface area contributed by atoms with Crippen LogP contribution in [0, 0.1) is 6.92 Å². The molecule has 2 aromatic rings. The Morgan fingerprint density at radius 1 is 1.47 bits per heavy atom. The molecule has 2 aromatic heterocycles. The van der Waals surface area contributed by atoms with Crippen molar-refractivity contribution in [3.05, 3.63) is 35.7 Å². The van der Waals surface area contributed by atoms with Crippen molar-refractivity contribution in [2.24, 2.45) is 0 Å². The molecule has 0 saturated carbocycles. The molecule has 2 N–H and O–H groups in total. The zero-order valence-corrected chi connectivity index (χ0v) is 10.2. The number of rotatable bonds is 5. The van der Waals surface area contributed by atoms with Crippen LogP contribution in [-0.2, 0) is 6.54 Å². The van der Waals surface area contributed by atoms with Crippen molar-refractivity contribution in [3.8, 4) is 0 Å². The van der Waals surface area contributed by atoms with Gasteiger partial charge in [0, 0.05) is 25.4 Å². The second-order valence-electron chi connectivity index (χ2n) is 3.88. The van der Waals surface area contributed by atoms with Crippen LogP contribution in [0.3, 0.4) is 0 Å². The number of hydrogen-bond donors (Lipinski definition) is 2. The first-order valence-corrected chi connectivity index (χ1v) is 5.53. The van der Waals surface area contributed by atoms with Gasteiger partial charge < -0.3 is 19.5 Å².